The topological polar surface area (TPSA) is 68.6 Å². The van der Waals surface area contributed by atoms with Gasteiger partial charge < -0.3 is 14.2 Å². The Morgan fingerprint density at radius 2 is 1.75 bits per heavy atom. The molecule has 1 saturated carbocycles. The van der Waals surface area contributed by atoms with E-state index in [2.05, 4.69) is 0 Å². The number of ketones is 1. The van der Waals surface area contributed by atoms with Crippen LogP contribution < -0.4 is 0 Å². The van der Waals surface area contributed by atoms with Gasteiger partial charge in [-0.2, -0.15) is 0 Å². The number of Topliss-reactive ketones (excluding diaryl/α,β-unsaturated/α-hetero) is 1. The normalized spacial score (nSPS) is 14.9. The fourth-order valence-corrected chi connectivity index (χ4v) is 4.68. The first-order valence-corrected chi connectivity index (χ1v) is 11.0. The number of methoxy groups -OCH3 is 1. The number of ether oxygens (including phenoxy) is 1. The highest BCUT2D eigenvalue weighted by Gasteiger charge is 2.35. The number of aromatic nitrogens is 1. The molecule has 0 spiro atoms. The van der Waals surface area contributed by atoms with Crippen LogP contribution in [0.25, 0.3) is 0 Å². The van der Waals surface area contributed by atoms with Crippen molar-refractivity contribution in [3.63, 3.8) is 0 Å². The van der Waals surface area contributed by atoms with Gasteiger partial charge in [0.05, 0.1) is 13.2 Å². The minimum absolute atomic E-state index is 0.0490. The lowest BCUT2D eigenvalue weighted by Gasteiger charge is -2.31. The van der Waals surface area contributed by atoms with Crippen molar-refractivity contribution in [1.82, 2.24) is 9.47 Å². The van der Waals surface area contributed by atoms with E-state index in [4.69, 9.17) is 4.74 Å². The third-order valence-corrected chi connectivity index (χ3v) is 6.66. The molecule has 0 N–H and O–H groups in total. The van der Waals surface area contributed by atoms with Crippen LogP contribution in [0.4, 0.5) is 4.39 Å². The van der Waals surface area contributed by atoms with Crippen molar-refractivity contribution < 1.29 is 23.5 Å². The SMILES string of the molecule is COC(=O)c1c(C)c(C(=O)[C@@H](C)N(Cc2ccc(F)cc2)C(=O)C2CCCC2)c(C)n1C. The fourth-order valence-electron chi connectivity index (χ4n) is 4.68. The van der Waals surface area contributed by atoms with Crippen LogP contribution in [0.1, 0.15) is 70.3 Å². The zero-order chi connectivity index (χ0) is 23.6. The first kappa shape index (κ1) is 23.7. The van der Waals surface area contributed by atoms with E-state index in [-0.39, 0.29) is 30.0 Å². The van der Waals surface area contributed by atoms with Gasteiger partial charge in [-0.3, -0.25) is 9.59 Å². The van der Waals surface area contributed by atoms with Gasteiger partial charge in [0, 0.05) is 30.8 Å². The van der Waals surface area contributed by atoms with Crippen molar-refractivity contribution in [1.29, 1.82) is 0 Å². The summed E-state index contributed by atoms with van der Waals surface area (Å²) in [4.78, 5) is 40.9. The number of carbonyl (C=O) groups is 3. The molecule has 0 radical (unpaired) electrons. The highest BCUT2D eigenvalue weighted by atomic mass is 19.1. The highest BCUT2D eigenvalue weighted by Crippen LogP contribution is 2.30. The lowest BCUT2D eigenvalue weighted by Crippen LogP contribution is -2.45. The van der Waals surface area contributed by atoms with Crippen LogP contribution in [0, 0.1) is 25.6 Å². The summed E-state index contributed by atoms with van der Waals surface area (Å²) in [5, 5.41) is 0. The maximum absolute atomic E-state index is 13.6. The number of rotatable bonds is 7. The molecule has 1 aromatic heterocycles. The number of carbonyl (C=O) groups excluding carboxylic acids is 3. The van der Waals surface area contributed by atoms with E-state index >= 15 is 0 Å². The van der Waals surface area contributed by atoms with Crippen molar-refractivity contribution in [3.8, 4) is 0 Å². The molecule has 1 atom stereocenters. The Bertz CT molecular complexity index is 1020. The average molecular weight is 443 g/mol. The zero-order valence-electron chi connectivity index (χ0n) is 19.4. The molecule has 0 bridgehead atoms. The standard InChI is InChI=1S/C25H31FN2O4/c1-15-21(16(2)27(4)22(15)25(31)32-5)23(29)17(3)28(24(30)19-8-6-7-9-19)14-18-10-12-20(26)13-11-18/h10-13,17,19H,6-9,14H2,1-5H3/t17-/m1/s1. The summed E-state index contributed by atoms with van der Waals surface area (Å²) in [5.74, 6) is -1.23. The predicted octanol–water partition coefficient (Wildman–Crippen LogP) is 4.36. The molecule has 0 aliphatic heterocycles. The first-order valence-electron chi connectivity index (χ1n) is 11.0. The van der Waals surface area contributed by atoms with Crippen LogP contribution in [0.3, 0.4) is 0 Å². The molecular weight excluding hydrogens is 411 g/mol. The summed E-state index contributed by atoms with van der Waals surface area (Å²) in [6.45, 7) is 5.45. The third-order valence-electron chi connectivity index (χ3n) is 6.66. The predicted molar refractivity (Wildman–Crippen MR) is 119 cm³/mol. The summed E-state index contributed by atoms with van der Waals surface area (Å²) in [6.07, 6.45) is 3.64. The Balaban J connectivity index is 1.97. The molecule has 6 nitrogen and oxygen atoms in total. The van der Waals surface area contributed by atoms with Gasteiger partial charge >= 0.3 is 5.97 Å². The second-order valence-electron chi connectivity index (χ2n) is 8.60. The number of nitrogens with zero attached hydrogens (tertiary/aromatic N) is 2. The quantitative estimate of drug-likeness (QED) is 0.472. The second-order valence-corrected chi connectivity index (χ2v) is 8.60. The van der Waals surface area contributed by atoms with Gasteiger partial charge in [-0.25, -0.2) is 9.18 Å². The van der Waals surface area contributed by atoms with Gasteiger partial charge in [0.2, 0.25) is 5.91 Å². The van der Waals surface area contributed by atoms with Crippen LogP contribution >= 0.6 is 0 Å². The monoisotopic (exact) mass is 442 g/mol. The van der Waals surface area contributed by atoms with Gasteiger partial charge in [0.1, 0.15) is 11.5 Å². The second kappa shape index (κ2) is 9.67. The van der Waals surface area contributed by atoms with E-state index < -0.39 is 12.0 Å². The fraction of sp³-hybridized carbons (Fsp3) is 0.480. The van der Waals surface area contributed by atoms with E-state index in [1.54, 1.807) is 49.4 Å². The average Bonchev–Trinajstić information content (AvgIpc) is 3.39. The summed E-state index contributed by atoms with van der Waals surface area (Å²) < 4.78 is 19.9. The molecular formula is C25H31FN2O4. The molecule has 172 valence electrons. The van der Waals surface area contributed by atoms with Crippen LogP contribution in [0.15, 0.2) is 24.3 Å². The van der Waals surface area contributed by atoms with E-state index in [9.17, 15) is 18.8 Å². The minimum atomic E-state index is -0.738. The molecule has 7 heteroatoms. The summed E-state index contributed by atoms with van der Waals surface area (Å²) in [6, 6.07) is 5.24. The summed E-state index contributed by atoms with van der Waals surface area (Å²) in [7, 11) is 3.02. The number of hydrogen-bond acceptors (Lipinski definition) is 4. The largest absolute Gasteiger partial charge is 0.464 e. The maximum Gasteiger partial charge on any atom is 0.354 e. The van der Waals surface area contributed by atoms with Crippen LogP contribution in [-0.4, -0.2) is 40.3 Å². The summed E-state index contributed by atoms with van der Waals surface area (Å²) >= 11 is 0. The first-order chi connectivity index (χ1) is 15.2. The molecule has 3 rings (SSSR count). The number of esters is 1. The molecule has 1 aliphatic rings. The molecule has 0 saturated heterocycles. The van der Waals surface area contributed by atoms with Gasteiger partial charge in [0.25, 0.3) is 0 Å². The van der Waals surface area contributed by atoms with E-state index in [0.717, 1.165) is 31.2 Å². The van der Waals surface area contributed by atoms with Crippen molar-refractivity contribution in [3.05, 3.63) is 58.2 Å². The lowest BCUT2D eigenvalue weighted by molar-refractivity contribution is -0.137. The Morgan fingerprint density at radius 1 is 1.16 bits per heavy atom. The molecule has 1 fully saturated rings. The smallest absolute Gasteiger partial charge is 0.354 e. The number of hydrogen-bond donors (Lipinski definition) is 0. The Morgan fingerprint density at radius 3 is 2.31 bits per heavy atom. The Hall–Kier alpha value is -2.96. The van der Waals surface area contributed by atoms with Gasteiger partial charge in [-0.15, -0.1) is 0 Å². The van der Waals surface area contributed by atoms with Gasteiger partial charge in [-0.1, -0.05) is 25.0 Å². The summed E-state index contributed by atoms with van der Waals surface area (Å²) in [5.41, 5.74) is 2.71. The van der Waals surface area contributed by atoms with E-state index in [0.29, 0.717) is 22.5 Å². The van der Waals surface area contributed by atoms with Gasteiger partial charge in [0.15, 0.2) is 5.78 Å². The molecule has 1 amide bonds. The molecule has 1 heterocycles. The maximum atomic E-state index is 13.6. The van der Waals surface area contributed by atoms with E-state index in [1.807, 2.05) is 0 Å². The molecule has 1 aliphatic carbocycles. The molecule has 1 aromatic carbocycles. The third kappa shape index (κ3) is 4.47. The Labute approximate surface area is 188 Å². The molecule has 0 unspecified atom stereocenters. The lowest BCUT2D eigenvalue weighted by atomic mass is 9.97. The molecule has 2 aromatic rings. The minimum Gasteiger partial charge on any atom is -0.464 e. The van der Waals surface area contributed by atoms with Crippen LogP contribution in [-0.2, 0) is 23.1 Å². The van der Waals surface area contributed by atoms with Crippen molar-refractivity contribution >= 4 is 17.7 Å². The van der Waals surface area contributed by atoms with Gasteiger partial charge in [-0.05, 0) is 56.9 Å². The van der Waals surface area contributed by atoms with Crippen molar-refractivity contribution in [2.24, 2.45) is 13.0 Å². The number of halogens is 1. The Kier molecular flexibility index (Phi) is 7.16. The van der Waals surface area contributed by atoms with Crippen molar-refractivity contribution in [2.45, 2.75) is 59.0 Å². The van der Waals surface area contributed by atoms with E-state index in [1.165, 1.54) is 19.2 Å². The molecule has 32 heavy (non-hydrogen) atoms. The van der Waals surface area contributed by atoms with Crippen LogP contribution in [0.5, 0.6) is 0 Å². The highest BCUT2D eigenvalue weighted by molar-refractivity contribution is 6.06. The zero-order valence-corrected chi connectivity index (χ0v) is 19.4. The van der Waals surface area contributed by atoms with Crippen molar-refractivity contribution in [2.75, 3.05) is 7.11 Å². The number of benzene rings is 1. The van der Waals surface area contributed by atoms with Crippen LogP contribution in [0.2, 0.25) is 0 Å². The number of amides is 1.